The lowest BCUT2D eigenvalue weighted by Gasteiger charge is -2.36. The summed E-state index contributed by atoms with van der Waals surface area (Å²) in [6, 6.07) is 4.44. The average molecular weight is 412 g/mol. The van der Waals surface area contributed by atoms with Crippen LogP contribution in [0, 0.1) is 5.92 Å². The van der Waals surface area contributed by atoms with Gasteiger partial charge in [0.2, 0.25) is 15.9 Å². The third-order valence-corrected chi connectivity index (χ3v) is 6.93. The molecule has 0 saturated carbocycles. The van der Waals surface area contributed by atoms with E-state index in [2.05, 4.69) is 5.32 Å². The van der Waals surface area contributed by atoms with Gasteiger partial charge in [-0.1, -0.05) is 13.8 Å². The minimum absolute atomic E-state index is 0.0168. The van der Waals surface area contributed by atoms with E-state index >= 15 is 0 Å². The number of amides is 1. The van der Waals surface area contributed by atoms with Gasteiger partial charge in [-0.25, -0.2) is 8.42 Å². The highest BCUT2D eigenvalue weighted by Gasteiger charge is 2.32. The zero-order valence-electron chi connectivity index (χ0n) is 16.7. The first-order valence-corrected chi connectivity index (χ1v) is 11.1. The van der Waals surface area contributed by atoms with E-state index in [1.165, 1.54) is 10.4 Å². The van der Waals surface area contributed by atoms with Gasteiger partial charge in [-0.3, -0.25) is 9.69 Å². The van der Waals surface area contributed by atoms with Gasteiger partial charge in [-0.05, 0) is 25.0 Å². The zero-order chi connectivity index (χ0) is 20.3. The number of fused-ring (bicyclic) bond motifs is 1. The van der Waals surface area contributed by atoms with Crippen LogP contribution in [0.25, 0.3) is 0 Å². The minimum Gasteiger partial charge on any atom is -0.486 e. The zero-order valence-corrected chi connectivity index (χ0v) is 17.5. The van der Waals surface area contributed by atoms with Crippen LogP contribution in [0.15, 0.2) is 23.1 Å². The molecular formula is C19H29N3O5S. The number of hydrogen-bond donors (Lipinski definition) is 1. The summed E-state index contributed by atoms with van der Waals surface area (Å²) in [6.07, 6.45) is 0. The first kappa shape index (κ1) is 20.9. The predicted octanol–water partition coefficient (Wildman–Crippen LogP) is 0.925. The van der Waals surface area contributed by atoms with E-state index in [0.29, 0.717) is 63.4 Å². The normalized spacial score (nSPS) is 19.4. The van der Waals surface area contributed by atoms with Gasteiger partial charge in [-0.15, -0.1) is 0 Å². The van der Waals surface area contributed by atoms with Crippen molar-refractivity contribution in [2.24, 2.45) is 5.92 Å². The van der Waals surface area contributed by atoms with Crippen molar-refractivity contribution in [1.82, 2.24) is 14.5 Å². The standard InChI is InChI=1S/C19H29N3O5S/c1-14(2)13-20-19(23)15(3)21-6-8-22(9-7-21)28(24,25)16-4-5-17-18(12-16)27-11-10-26-17/h4-5,12,14-15H,6-11,13H2,1-3H3,(H,20,23)/t15-/m0/s1. The van der Waals surface area contributed by atoms with Gasteiger partial charge in [-0.2, -0.15) is 4.31 Å². The summed E-state index contributed by atoms with van der Waals surface area (Å²) in [5.74, 6) is 1.40. The quantitative estimate of drug-likeness (QED) is 0.749. The topological polar surface area (TPSA) is 88.2 Å². The predicted molar refractivity (Wildman–Crippen MR) is 105 cm³/mol. The van der Waals surface area contributed by atoms with Crippen LogP contribution in [0.1, 0.15) is 20.8 Å². The summed E-state index contributed by atoms with van der Waals surface area (Å²) in [5, 5.41) is 2.94. The van der Waals surface area contributed by atoms with Crippen molar-refractivity contribution in [3.8, 4) is 11.5 Å². The van der Waals surface area contributed by atoms with Crippen LogP contribution < -0.4 is 14.8 Å². The smallest absolute Gasteiger partial charge is 0.243 e. The molecule has 0 bridgehead atoms. The van der Waals surface area contributed by atoms with Crippen molar-refractivity contribution >= 4 is 15.9 Å². The fourth-order valence-electron chi connectivity index (χ4n) is 3.28. The maximum atomic E-state index is 13.0. The van der Waals surface area contributed by atoms with Gasteiger partial charge in [0, 0.05) is 38.8 Å². The Morgan fingerprint density at radius 1 is 1.07 bits per heavy atom. The number of nitrogens with one attached hydrogen (secondary N) is 1. The number of piperazine rings is 1. The molecule has 1 saturated heterocycles. The van der Waals surface area contributed by atoms with Gasteiger partial charge >= 0.3 is 0 Å². The number of nitrogens with zero attached hydrogens (tertiary/aromatic N) is 2. The largest absolute Gasteiger partial charge is 0.486 e. The fraction of sp³-hybridized carbons (Fsp3) is 0.632. The van der Waals surface area contributed by atoms with Gasteiger partial charge in [0.25, 0.3) is 0 Å². The fourth-order valence-corrected chi connectivity index (χ4v) is 4.72. The first-order valence-electron chi connectivity index (χ1n) is 9.70. The van der Waals surface area contributed by atoms with E-state index in [1.54, 1.807) is 12.1 Å². The maximum absolute atomic E-state index is 13.0. The summed E-state index contributed by atoms with van der Waals surface area (Å²) in [6.45, 7) is 9.19. The van der Waals surface area contributed by atoms with Crippen molar-refractivity contribution in [3.63, 3.8) is 0 Å². The lowest BCUT2D eigenvalue weighted by Crippen LogP contribution is -2.55. The van der Waals surface area contributed by atoms with E-state index in [4.69, 9.17) is 9.47 Å². The molecule has 1 aromatic rings. The summed E-state index contributed by atoms with van der Waals surface area (Å²) < 4.78 is 38.4. The van der Waals surface area contributed by atoms with E-state index in [0.717, 1.165) is 0 Å². The molecule has 1 amide bonds. The Labute approximate surface area is 166 Å². The van der Waals surface area contributed by atoms with Crippen molar-refractivity contribution in [3.05, 3.63) is 18.2 Å². The molecule has 8 nitrogen and oxygen atoms in total. The van der Waals surface area contributed by atoms with Gasteiger partial charge < -0.3 is 14.8 Å². The number of rotatable bonds is 6. The van der Waals surface area contributed by atoms with Gasteiger partial charge in [0.1, 0.15) is 13.2 Å². The van der Waals surface area contributed by atoms with Crippen LogP contribution in [0.4, 0.5) is 0 Å². The second-order valence-corrected chi connectivity index (χ2v) is 9.50. The molecule has 1 atom stereocenters. The number of sulfonamides is 1. The average Bonchev–Trinajstić information content (AvgIpc) is 2.71. The number of carbonyl (C=O) groups is 1. The molecule has 2 aliphatic heterocycles. The monoisotopic (exact) mass is 411 g/mol. The molecule has 0 unspecified atom stereocenters. The second-order valence-electron chi connectivity index (χ2n) is 7.56. The third-order valence-electron chi connectivity index (χ3n) is 5.04. The van der Waals surface area contributed by atoms with Crippen LogP contribution in [0.3, 0.4) is 0 Å². The molecule has 28 heavy (non-hydrogen) atoms. The Kier molecular flexibility index (Phi) is 6.47. The van der Waals surface area contributed by atoms with Crippen LogP contribution in [-0.2, 0) is 14.8 Å². The molecule has 2 aliphatic rings. The van der Waals surface area contributed by atoms with Gasteiger partial charge in [0.15, 0.2) is 11.5 Å². The van der Waals surface area contributed by atoms with Crippen LogP contribution in [-0.4, -0.2) is 75.5 Å². The molecule has 1 aromatic carbocycles. The van der Waals surface area contributed by atoms with E-state index in [9.17, 15) is 13.2 Å². The lowest BCUT2D eigenvalue weighted by atomic mass is 10.2. The summed E-state index contributed by atoms with van der Waals surface area (Å²) in [5.41, 5.74) is 0. The van der Waals surface area contributed by atoms with Gasteiger partial charge in [0.05, 0.1) is 10.9 Å². The van der Waals surface area contributed by atoms with Crippen molar-refractivity contribution in [2.45, 2.75) is 31.7 Å². The Morgan fingerprint density at radius 2 is 1.71 bits per heavy atom. The number of hydrogen-bond acceptors (Lipinski definition) is 6. The first-order chi connectivity index (χ1) is 13.3. The molecule has 1 fully saturated rings. The lowest BCUT2D eigenvalue weighted by molar-refractivity contribution is -0.126. The maximum Gasteiger partial charge on any atom is 0.243 e. The summed E-state index contributed by atoms with van der Waals surface area (Å²) in [4.78, 5) is 14.5. The van der Waals surface area contributed by atoms with Crippen molar-refractivity contribution < 1.29 is 22.7 Å². The molecule has 1 N–H and O–H groups in total. The molecule has 0 spiro atoms. The molecule has 2 heterocycles. The highest BCUT2D eigenvalue weighted by atomic mass is 32.2. The number of benzene rings is 1. The van der Waals surface area contributed by atoms with Crippen LogP contribution in [0.2, 0.25) is 0 Å². The molecular weight excluding hydrogens is 382 g/mol. The van der Waals surface area contributed by atoms with E-state index in [1.807, 2.05) is 25.7 Å². The molecule has 9 heteroatoms. The Balaban J connectivity index is 1.61. The minimum atomic E-state index is -3.62. The van der Waals surface area contributed by atoms with Crippen molar-refractivity contribution in [2.75, 3.05) is 45.9 Å². The Hall–Kier alpha value is -1.84. The summed E-state index contributed by atoms with van der Waals surface area (Å²) in [7, 11) is -3.62. The SMILES string of the molecule is CC(C)CNC(=O)[C@H](C)N1CCN(S(=O)(=O)c2ccc3c(c2)OCCO3)CC1. The molecule has 0 aromatic heterocycles. The summed E-state index contributed by atoms with van der Waals surface area (Å²) >= 11 is 0. The van der Waals surface area contributed by atoms with Crippen molar-refractivity contribution in [1.29, 1.82) is 0 Å². The highest BCUT2D eigenvalue weighted by Crippen LogP contribution is 2.33. The molecule has 0 aliphatic carbocycles. The Morgan fingerprint density at radius 3 is 2.36 bits per heavy atom. The third kappa shape index (κ3) is 4.59. The molecule has 3 rings (SSSR count). The molecule has 0 radical (unpaired) electrons. The number of carbonyl (C=O) groups excluding carboxylic acids is 1. The van der Waals surface area contributed by atoms with Crippen LogP contribution in [0.5, 0.6) is 11.5 Å². The second kappa shape index (κ2) is 8.67. The highest BCUT2D eigenvalue weighted by molar-refractivity contribution is 7.89. The van der Waals surface area contributed by atoms with Crippen LogP contribution >= 0.6 is 0 Å². The molecule has 156 valence electrons. The van der Waals surface area contributed by atoms with E-state index < -0.39 is 10.0 Å². The Bertz CT molecular complexity index is 804. The number of ether oxygens (including phenoxy) is 2. The van der Waals surface area contributed by atoms with E-state index in [-0.39, 0.29) is 16.8 Å².